The Kier molecular flexibility index (Phi) is 5.98. The highest BCUT2D eigenvalue weighted by molar-refractivity contribution is 9.09. The first-order valence-corrected chi connectivity index (χ1v) is 6.73. The number of carbonyl (C=O) groups excluding carboxylic acids is 1. The van der Waals surface area contributed by atoms with Crippen LogP contribution in [0.4, 0.5) is 0 Å². The molecule has 5 heteroatoms. The summed E-state index contributed by atoms with van der Waals surface area (Å²) in [7, 11) is 3.08. The lowest BCUT2D eigenvalue weighted by atomic mass is 10.1. The van der Waals surface area contributed by atoms with Crippen molar-refractivity contribution in [1.29, 1.82) is 0 Å². The smallest absolute Gasteiger partial charge is 0.308 e. The molecule has 1 rings (SSSR count). The standard InChI is InChI=1S/C13H17BrO4/c1-9(15)18-13-11(16-2)7-10(5-4-6-14)8-12(13)17-3/h7-8H,4-6H2,1-3H3. The van der Waals surface area contributed by atoms with Crippen LogP contribution in [0, 0.1) is 0 Å². The van der Waals surface area contributed by atoms with Gasteiger partial charge >= 0.3 is 5.97 Å². The zero-order valence-corrected chi connectivity index (χ0v) is 12.4. The Morgan fingerprint density at radius 2 is 1.78 bits per heavy atom. The minimum atomic E-state index is -0.403. The highest BCUT2D eigenvalue weighted by atomic mass is 79.9. The summed E-state index contributed by atoms with van der Waals surface area (Å²) >= 11 is 3.39. The number of methoxy groups -OCH3 is 2. The van der Waals surface area contributed by atoms with Crippen LogP contribution >= 0.6 is 15.9 Å². The molecular formula is C13H17BrO4. The van der Waals surface area contributed by atoms with Gasteiger partial charge in [0.15, 0.2) is 11.5 Å². The normalized spacial score (nSPS) is 10.0. The van der Waals surface area contributed by atoms with E-state index in [1.165, 1.54) is 21.1 Å². The van der Waals surface area contributed by atoms with E-state index >= 15 is 0 Å². The molecule has 0 N–H and O–H groups in total. The summed E-state index contributed by atoms with van der Waals surface area (Å²) in [6, 6.07) is 3.73. The van der Waals surface area contributed by atoms with E-state index in [2.05, 4.69) is 15.9 Å². The average molecular weight is 317 g/mol. The molecule has 0 aromatic heterocycles. The number of aryl methyl sites for hydroxylation is 1. The molecule has 0 atom stereocenters. The zero-order chi connectivity index (χ0) is 13.5. The summed E-state index contributed by atoms with van der Waals surface area (Å²) < 4.78 is 15.6. The molecule has 18 heavy (non-hydrogen) atoms. The van der Waals surface area contributed by atoms with Crippen LogP contribution < -0.4 is 14.2 Å². The van der Waals surface area contributed by atoms with Gasteiger partial charge in [-0.2, -0.15) is 0 Å². The van der Waals surface area contributed by atoms with E-state index in [-0.39, 0.29) is 0 Å². The summed E-state index contributed by atoms with van der Waals surface area (Å²) in [6.45, 7) is 1.34. The fourth-order valence-corrected chi connectivity index (χ4v) is 1.87. The number of hydrogen-bond donors (Lipinski definition) is 0. The number of rotatable bonds is 6. The van der Waals surface area contributed by atoms with Crippen molar-refractivity contribution in [3.63, 3.8) is 0 Å². The fourth-order valence-electron chi connectivity index (χ4n) is 1.59. The van der Waals surface area contributed by atoms with Crippen molar-refractivity contribution in [2.75, 3.05) is 19.5 Å². The molecule has 0 heterocycles. The molecule has 0 bridgehead atoms. The average Bonchev–Trinajstić information content (AvgIpc) is 2.36. The number of halogens is 1. The van der Waals surface area contributed by atoms with Crippen LogP contribution in [-0.2, 0) is 11.2 Å². The monoisotopic (exact) mass is 316 g/mol. The maximum absolute atomic E-state index is 11.1. The summed E-state index contributed by atoms with van der Waals surface area (Å²) in [6.07, 6.45) is 1.91. The Hall–Kier alpha value is -1.23. The number of alkyl halides is 1. The van der Waals surface area contributed by atoms with E-state index in [9.17, 15) is 4.79 Å². The molecule has 0 aliphatic carbocycles. The number of ether oxygens (including phenoxy) is 3. The highest BCUT2D eigenvalue weighted by Gasteiger charge is 2.15. The first kappa shape index (κ1) is 14.8. The van der Waals surface area contributed by atoms with Crippen LogP contribution in [0.5, 0.6) is 17.2 Å². The van der Waals surface area contributed by atoms with Crippen LogP contribution in [0.15, 0.2) is 12.1 Å². The van der Waals surface area contributed by atoms with Crippen LogP contribution in [0.25, 0.3) is 0 Å². The van der Waals surface area contributed by atoms with Gasteiger partial charge in [0.05, 0.1) is 14.2 Å². The number of hydrogen-bond acceptors (Lipinski definition) is 4. The minimum Gasteiger partial charge on any atom is -0.493 e. The fraction of sp³-hybridized carbons (Fsp3) is 0.462. The van der Waals surface area contributed by atoms with Crippen molar-refractivity contribution in [3.8, 4) is 17.2 Å². The molecule has 0 aliphatic rings. The van der Waals surface area contributed by atoms with Crippen molar-refractivity contribution in [3.05, 3.63) is 17.7 Å². The summed E-state index contributed by atoms with van der Waals surface area (Å²) in [5, 5.41) is 0.934. The van der Waals surface area contributed by atoms with Crippen LogP contribution in [0.2, 0.25) is 0 Å². The van der Waals surface area contributed by atoms with Crippen LogP contribution in [0.3, 0.4) is 0 Å². The highest BCUT2D eigenvalue weighted by Crippen LogP contribution is 2.38. The number of esters is 1. The SMILES string of the molecule is COc1cc(CCCBr)cc(OC)c1OC(C)=O. The Bertz CT molecular complexity index is 392. The minimum absolute atomic E-state index is 0.329. The van der Waals surface area contributed by atoms with Gasteiger partial charge in [-0.1, -0.05) is 15.9 Å². The third-order valence-electron chi connectivity index (χ3n) is 2.37. The van der Waals surface area contributed by atoms with E-state index in [0.717, 1.165) is 23.7 Å². The van der Waals surface area contributed by atoms with Gasteiger partial charge in [0.2, 0.25) is 5.75 Å². The quantitative estimate of drug-likeness (QED) is 0.460. The van der Waals surface area contributed by atoms with E-state index in [4.69, 9.17) is 14.2 Å². The third-order valence-corrected chi connectivity index (χ3v) is 2.93. The summed E-state index contributed by atoms with van der Waals surface area (Å²) in [5.74, 6) is 0.943. The van der Waals surface area contributed by atoms with Gasteiger partial charge in [-0.05, 0) is 30.5 Å². The largest absolute Gasteiger partial charge is 0.493 e. The molecule has 1 aromatic rings. The predicted octanol–water partition coefficient (Wildman–Crippen LogP) is 2.96. The molecular weight excluding hydrogens is 300 g/mol. The van der Waals surface area contributed by atoms with Gasteiger partial charge in [-0.3, -0.25) is 4.79 Å². The number of benzene rings is 1. The van der Waals surface area contributed by atoms with Crippen molar-refractivity contribution in [2.45, 2.75) is 19.8 Å². The van der Waals surface area contributed by atoms with Crippen LogP contribution in [0.1, 0.15) is 18.9 Å². The molecule has 0 aliphatic heterocycles. The van der Waals surface area contributed by atoms with E-state index in [0.29, 0.717) is 17.2 Å². The molecule has 0 saturated carbocycles. The predicted molar refractivity (Wildman–Crippen MR) is 73.0 cm³/mol. The zero-order valence-electron chi connectivity index (χ0n) is 10.8. The topological polar surface area (TPSA) is 44.8 Å². The lowest BCUT2D eigenvalue weighted by molar-refractivity contribution is -0.132. The van der Waals surface area contributed by atoms with E-state index in [1.807, 2.05) is 12.1 Å². The molecule has 4 nitrogen and oxygen atoms in total. The molecule has 0 fully saturated rings. The van der Waals surface area contributed by atoms with Crippen molar-refractivity contribution in [2.24, 2.45) is 0 Å². The first-order valence-electron chi connectivity index (χ1n) is 5.61. The lowest BCUT2D eigenvalue weighted by Gasteiger charge is -2.14. The third kappa shape index (κ3) is 3.91. The van der Waals surface area contributed by atoms with Gasteiger partial charge in [0.1, 0.15) is 0 Å². The van der Waals surface area contributed by atoms with Gasteiger partial charge in [0.25, 0.3) is 0 Å². The van der Waals surface area contributed by atoms with Crippen molar-refractivity contribution in [1.82, 2.24) is 0 Å². The van der Waals surface area contributed by atoms with Gasteiger partial charge in [-0.15, -0.1) is 0 Å². The lowest BCUT2D eigenvalue weighted by Crippen LogP contribution is -2.05. The van der Waals surface area contributed by atoms with Crippen molar-refractivity contribution < 1.29 is 19.0 Å². The molecule has 0 radical (unpaired) electrons. The molecule has 0 amide bonds. The Morgan fingerprint density at radius 1 is 1.22 bits per heavy atom. The van der Waals surface area contributed by atoms with Gasteiger partial charge in [0, 0.05) is 12.3 Å². The Balaban J connectivity index is 3.12. The molecule has 0 spiro atoms. The van der Waals surface area contributed by atoms with Crippen molar-refractivity contribution >= 4 is 21.9 Å². The molecule has 100 valence electrons. The Labute approximate surface area is 115 Å². The second kappa shape index (κ2) is 7.26. The molecule has 1 aromatic carbocycles. The van der Waals surface area contributed by atoms with Gasteiger partial charge < -0.3 is 14.2 Å². The molecule has 0 saturated heterocycles. The second-order valence-electron chi connectivity index (χ2n) is 3.72. The van der Waals surface area contributed by atoms with E-state index in [1.54, 1.807) is 0 Å². The van der Waals surface area contributed by atoms with Crippen LogP contribution in [-0.4, -0.2) is 25.5 Å². The van der Waals surface area contributed by atoms with Gasteiger partial charge in [-0.25, -0.2) is 0 Å². The summed E-state index contributed by atoms with van der Waals surface area (Å²) in [5.41, 5.74) is 1.08. The first-order chi connectivity index (χ1) is 8.62. The summed E-state index contributed by atoms with van der Waals surface area (Å²) in [4.78, 5) is 11.1. The maximum Gasteiger partial charge on any atom is 0.308 e. The maximum atomic E-state index is 11.1. The van der Waals surface area contributed by atoms with E-state index < -0.39 is 5.97 Å². The second-order valence-corrected chi connectivity index (χ2v) is 4.51. The number of carbonyl (C=O) groups is 1. The molecule has 0 unspecified atom stereocenters. The Morgan fingerprint density at radius 3 is 2.17 bits per heavy atom.